The van der Waals surface area contributed by atoms with Crippen LogP contribution in [0.3, 0.4) is 0 Å². The van der Waals surface area contributed by atoms with Gasteiger partial charge in [-0.3, -0.25) is 9.59 Å². The summed E-state index contributed by atoms with van der Waals surface area (Å²) in [6.07, 6.45) is 10.5. The van der Waals surface area contributed by atoms with Gasteiger partial charge in [-0.1, -0.05) is 12.2 Å². The number of carbonyl (C=O) groups excluding carboxylic acids is 2. The molecule has 1 aliphatic heterocycles. The minimum absolute atomic E-state index is 0.0217. The number of halogens is 3. The van der Waals surface area contributed by atoms with Crippen molar-refractivity contribution in [3.8, 4) is 0 Å². The molecule has 3 aliphatic carbocycles. The monoisotopic (exact) mass is 475 g/mol. The molecule has 1 saturated heterocycles. The van der Waals surface area contributed by atoms with Gasteiger partial charge in [-0.15, -0.1) is 0 Å². The van der Waals surface area contributed by atoms with E-state index in [1.165, 1.54) is 12.8 Å². The highest BCUT2D eigenvalue weighted by Crippen LogP contribution is 2.72. The molecule has 2 bridgehead atoms. The van der Waals surface area contributed by atoms with Crippen molar-refractivity contribution < 1.29 is 22.8 Å². The lowest BCUT2D eigenvalue weighted by Crippen LogP contribution is -2.44. The van der Waals surface area contributed by atoms with Gasteiger partial charge >= 0.3 is 0 Å². The van der Waals surface area contributed by atoms with E-state index in [0.29, 0.717) is 18.7 Å². The Kier molecular flexibility index (Phi) is 6.44. The van der Waals surface area contributed by atoms with Crippen LogP contribution in [0.2, 0.25) is 0 Å². The van der Waals surface area contributed by atoms with Crippen LogP contribution in [0, 0.1) is 46.5 Å². The maximum atomic E-state index is 14.0. The minimum Gasteiger partial charge on any atom is -0.356 e. The Morgan fingerprint density at radius 2 is 1.50 bits per heavy atom. The molecule has 4 atom stereocenters. The quantitative estimate of drug-likeness (QED) is 0.424. The number of hydrogen-bond donors (Lipinski definition) is 2. The highest BCUT2D eigenvalue weighted by molar-refractivity contribution is 5.90. The Morgan fingerprint density at radius 1 is 0.912 bits per heavy atom. The van der Waals surface area contributed by atoms with Crippen molar-refractivity contribution in [1.29, 1.82) is 0 Å². The lowest BCUT2D eigenvalue weighted by Gasteiger charge is -2.26. The first kappa shape index (κ1) is 23.4. The van der Waals surface area contributed by atoms with Gasteiger partial charge in [0.1, 0.15) is 17.5 Å². The smallest absolute Gasteiger partial charge is 0.224 e. The van der Waals surface area contributed by atoms with E-state index in [1.807, 2.05) is 6.08 Å². The second kappa shape index (κ2) is 9.36. The summed E-state index contributed by atoms with van der Waals surface area (Å²) >= 11 is 0. The molecule has 0 unspecified atom stereocenters. The fraction of sp³-hybridized carbons (Fsp3) is 0.615. The first-order valence-corrected chi connectivity index (χ1v) is 12.5. The third-order valence-electron chi connectivity index (χ3n) is 8.39. The Hall–Kier alpha value is -2.35. The molecule has 34 heavy (non-hydrogen) atoms. The van der Waals surface area contributed by atoms with Crippen LogP contribution in [0.1, 0.15) is 44.1 Å². The molecule has 1 spiro atoms. The zero-order valence-corrected chi connectivity index (χ0v) is 19.3. The van der Waals surface area contributed by atoms with Gasteiger partial charge in [0.25, 0.3) is 0 Å². The van der Waals surface area contributed by atoms with Crippen LogP contribution in [-0.2, 0) is 16.1 Å². The maximum Gasteiger partial charge on any atom is 0.224 e. The summed E-state index contributed by atoms with van der Waals surface area (Å²) < 4.78 is 41.2. The molecular formula is C26H32F3N3O2. The van der Waals surface area contributed by atoms with Crippen LogP contribution in [0.15, 0.2) is 24.3 Å². The van der Waals surface area contributed by atoms with E-state index in [-0.39, 0.29) is 41.2 Å². The highest BCUT2D eigenvalue weighted by Gasteiger charge is 2.69. The zero-order chi connectivity index (χ0) is 23.9. The van der Waals surface area contributed by atoms with Crippen molar-refractivity contribution in [3.63, 3.8) is 0 Å². The summed E-state index contributed by atoms with van der Waals surface area (Å²) in [4.78, 5) is 28.9. The average Bonchev–Trinajstić information content (AvgIpc) is 3.15. The van der Waals surface area contributed by atoms with E-state index in [9.17, 15) is 22.8 Å². The number of likely N-dealkylation sites (tertiary alicyclic amines) is 1. The number of rotatable bonds is 9. The highest BCUT2D eigenvalue weighted by atomic mass is 19.1. The molecule has 0 radical (unpaired) electrons. The topological polar surface area (TPSA) is 61.4 Å². The van der Waals surface area contributed by atoms with Crippen molar-refractivity contribution in [1.82, 2.24) is 15.5 Å². The third-order valence-corrected chi connectivity index (χ3v) is 8.39. The Bertz CT molecular complexity index is 964. The number of benzene rings is 1. The SMILES string of the molecule is O=C(NCCCCN1CCCC1)[C@H]1[C@H](C(=O)NCc2c(F)cc(F)cc2F)[C@@H]2C=C[C@H]1C21CC1. The van der Waals surface area contributed by atoms with E-state index in [1.54, 1.807) is 0 Å². The number of nitrogens with zero attached hydrogens (tertiary/aromatic N) is 1. The van der Waals surface area contributed by atoms with Crippen molar-refractivity contribution in [2.24, 2.45) is 29.1 Å². The van der Waals surface area contributed by atoms with Gasteiger partial charge in [0.2, 0.25) is 11.8 Å². The average molecular weight is 476 g/mol. The summed E-state index contributed by atoms with van der Waals surface area (Å²) in [6, 6.07) is 1.20. The molecule has 1 heterocycles. The normalized spacial score (nSPS) is 28.6. The van der Waals surface area contributed by atoms with E-state index < -0.39 is 29.3 Å². The van der Waals surface area contributed by atoms with Crippen molar-refractivity contribution in [2.45, 2.75) is 45.1 Å². The molecule has 5 rings (SSSR count). The molecule has 184 valence electrons. The van der Waals surface area contributed by atoms with Gasteiger partial charge in [0.15, 0.2) is 0 Å². The van der Waals surface area contributed by atoms with Gasteiger partial charge in [0, 0.05) is 30.8 Å². The number of amides is 2. The molecule has 2 N–H and O–H groups in total. The number of carbonyl (C=O) groups is 2. The summed E-state index contributed by atoms with van der Waals surface area (Å²) in [5.41, 5.74) is -0.403. The van der Waals surface area contributed by atoms with Gasteiger partial charge in [-0.05, 0) is 75.4 Å². The molecule has 3 fully saturated rings. The first-order valence-electron chi connectivity index (χ1n) is 12.5. The fourth-order valence-electron chi connectivity index (χ4n) is 6.54. The van der Waals surface area contributed by atoms with Gasteiger partial charge in [0.05, 0.1) is 11.8 Å². The molecule has 0 aromatic heterocycles. The summed E-state index contributed by atoms with van der Waals surface area (Å²) in [5, 5.41) is 5.67. The molecule has 5 nitrogen and oxygen atoms in total. The Balaban J connectivity index is 1.20. The van der Waals surface area contributed by atoms with Crippen LogP contribution in [-0.4, -0.2) is 42.9 Å². The molecule has 8 heteroatoms. The zero-order valence-electron chi connectivity index (χ0n) is 19.3. The lowest BCUT2D eigenvalue weighted by molar-refractivity contribution is -0.135. The van der Waals surface area contributed by atoms with Crippen molar-refractivity contribution in [2.75, 3.05) is 26.2 Å². The van der Waals surface area contributed by atoms with Crippen LogP contribution in [0.4, 0.5) is 13.2 Å². The molecule has 2 amide bonds. The van der Waals surface area contributed by atoms with Crippen molar-refractivity contribution >= 4 is 11.8 Å². The van der Waals surface area contributed by atoms with E-state index in [0.717, 1.165) is 45.3 Å². The largest absolute Gasteiger partial charge is 0.356 e. The first-order chi connectivity index (χ1) is 16.4. The molecule has 1 aromatic carbocycles. The van der Waals surface area contributed by atoms with Crippen LogP contribution in [0.25, 0.3) is 0 Å². The van der Waals surface area contributed by atoms with Crippen LogP contribution < -0.4 is 10.6 Å². The number of unbranched alkanes of at least 4 members (excludes halogenated alkanes) is 1. The van der Waals surface area contributed by atoms with Crippen LogP contribution in [0.5, 0.6) is 0 Å². The van der Waals surface area contributed by atoms with E-state index in [2.05, 4.69) is 21.6 Å². The number of allylic oxidation sites excluding steroid dienone is 2. The van der Waals surface area contributed by atoms with Crippen molar-refractivity contribution in [3.05, 3.63) is 47.3 Å². The predicted octanol–water partition coefficient (Wildman–Crippen LogP) is 3.54. The fourth-order valence-corrected chi connectivity index (χ4v) is 6.54. The second-order valence-electron chi connectivity index (χ2n) is 10.3. The molecule has 1 aromatic rings. The Labute approximate surface area is 198 Å². The predicted molar refractivity (Wildman–Crippen MR) is 121 cm³/mol. The van der Waals surface area contributed by atoms with E-state index in [4.69, 9.17) is 0 Å². The van der Waals surface area contributed by atoms with E-state index >= 15 is 0 Å². The second-order valence-corrected chi connectivity index (χ2v) is 10.3. The standard InChI is InChI=1S/C26H32F3N3O2/c27-16-13-20(28)17(21(29)14-16)15-31-25(34)23-19-6-5-18(26(19)7-8-26)22(23)24(33)30-9-1-2-10-32-11-3-4-12-32/h5-6,13-14,18-19,22-23H,1-4,7-12,15H2,(H,30,33)(H,31,34)/t18-,19+,22-,23-/m1/s1. The minimum atomic E-state index is -1.03. The molecule has 4 aliphatic rings. The number of hydrogen-bond acceptors (Lipinski definition) is 3. The van der Waals surface area contributed by atoms with Crippen LogP contribution >= 0.6 is 0 Å². The van der Waals surface area contributed by atoms with Gasteiger partial charge < -0.3 is 15.5 Å². The third kappa shape index (κ3) is 4.25. The summed E-state index contributed by atoms with van der Waals surface area (Å²) in [6.45, 7) is 3.57. The lowest BCUT2D eigenvalue weighted by atomic mass is 9.81. The van der Waals surface area contributed by atoms with Gasteiger partial charge in [-0.2, -0.15) is 0 Å². The summed E-state index contributed by atoms with van der Waals surface area (Å²) in [5.74, 6) is -4.60. The van der Waals surface area contributed by atoms with Gasteiger partial charge in [-0.25, -0.2) is 13.2 Å². The molecule has 2 saturated carbocycles. The number of nitrogens with one attached hydrogen (secondary N) is 2. The molecular weight excluding hydrogens is 443 g/mol. The Morgan fingerprint density at radius 3 is 2.09 bits per heavy atom. The maximum absolute atomic E-state index is 14.0. The summed E-state index contributed by atoms with van der Waals surface area (Å²) in [7, 11) is 0.